The summed E-state index contributed by atoms with van der Waals surface area (Å²) < 4.78 is 4.89. The standard InChI is InChI=1S/C16H12N6O2/c1-10-5-15(22-24-10)21-16(23)13-7-14(19-9-18-13)20-12-4-2-3-11(6-12)8-17/h2-7,9H,1H3,(H,18,19,20)(H,21,22,23). The molecule has 3 aromatic rings. The summed E-state index contributed by atoms with van der Waals surface area (Å²) in [5.74, 6) is 0.904. The lowest BCUT2D eigenvalue weighted by Gasteiger charge is -2.07. The van der Waals surface area contributed by atoms with Gasteiger partial charge in [0.2, 0.25) is 0 Å². The summed E-state index contributed by atoms with van der Waals surface area (Å²) >= 11 is 0. The zero-order chi connectivity index (χ0) is 16.9. The number of anilines is 3. The van der Waals surface area contributed by atoms with Crippen molar-refractivity contribution in [3.8, 4) is 6.07 Å². The van der Waals surface area contributed by atoms with Crippen molar-refractivity contribution in [1.82, 2.24) is 15.1 Å². The van der Waals surface area contributed by atoms with E-state index >= 15 is 0 Å². The van der Waals surface area contributed by atoms with Gasteiger partial charge in [0.1, 0.15) is 23.6 Å². The highest BCUT2D eigenvalue weighted by molar-refractivity contribution is 6.02. The van der Waals surface area contributed by atoms with Gasteiger partial charge in [-0.05, 0) is 25.1 Å². The van der Waals surface area contributed by atoms with E-state index in [0.29, 0.717) is 28.6 Å². The van der Waals surface area contributed by atoms with E-state index < -0.39 is 5.91 Å². The number of benzene rings is 1. The molecule has 8 nitrogen and oxygen atoms in total. The molecule has 0 saturated carbocycles. The zero-order valence-corrected chi connectivity index (χ0v) is 12.6. The number of aromatic nitrogens is 3. The summed E-state index contributed by atoms with van der Waals surface area (Å²) in [6.07, 6.45) is 1.28. The number of rotatable bonds is 4. The van der Waals surface area contributed by atoms with Crippen LogP contribution in [0, 0.1) is 18.3 Å². The fraction of sp³-hybridized carbons (Fsp3) is 0.0625. The second-order valence-corrected chi connectivity index (χ2v) is 4.88. The maximum absolute atomic E-state index is 12.2. The first-order chi connectivity index (χ1) is 11.6. The van der Waals surface area contributed by atoms with Crippen molar-refractivity contribution in [1.29, 1.82) is 5.26 Å². The minimum atomic E-state index is -0.431. The molecule has 0 unspecified atom stereocenters. The number of hydrogen-bond donors (Lipinski definition) is 2. The molecule has 1 amide bonds. The minimum absolute atomic E-state index is 0.171. The van der Waals surface area contributed by atoms with Gasteiger partial charge < -0.3 is 15.2 Å². The number of nitriles is 1. The third-order valence-corrected chi connectivity index (χ3v) is 3.03. The van der Waals surface area contributed by atoms with Gasteiger partial charge in [0.05, 0.1) is 11.6 Å². The summed E-state index contributed by atoms with van der Waals surface area (Å²) in [4.78, 5) is 20.2. The molecule has 118 valence electrons. The lowest BCUT2D eigenvalue weighted by Crippen LogP contribution is -2.14. The molecule has 0 aliphatic rings. The van der Waals surface area contributed by atoms with Crippen molar-refractivity contribution < 1.29 is 9.32 Å². The van der Waals surface area contributed by atoms with Gasteiger partial charge in [0.15, 0.2) is 5.82 Å². The molecule has 0 saturated heterocycles. The van der Waals surface area contributed by atoms with Crippen LogP contribution < -0.4 is 10.6 Å². The minimum Gasteiger partial charge on any atom is -0.360 e. The molecule has 0 spiro atoms. The van der Waals surface area contributed by atoms with Gasteiger partial charge in [-0.1, -0.05) is 11.2 Å². The SMILES string of the molecule is Cc1cc(NC(=O)c2cc(Nc3cccc(C#N)c3)ncn2)no1. The molecule has 2 aromatic heterocycles. The van der Waals surface area contributed by atoms with Crippen LogP contribution in [0.2, 0.25) is 0 Å². The summed E-state index contributed by atoms with van der Waals surface area (Å²) in [5, 5.41) is 18.2. The first-order valence-corrected chi connectivity index (χ1v) is 6.98. The van der Waals surface area contributed by atoms with Crippen molar-refractivity contribution >= 4 is 23.2 Å². The molecule has 0 aliphatic carbocycles. The Balaban J connectivity index is 1.76. The Morgan fingerprint density at radius 2 is 2.08 bits per heavy atom. The number of nitrogens with one attached hydrogen (secondary N) is 2. The van der Waals surface area contributed by atoms with E-state index in [9.17, 15) is 4.79 Å². The van der Waals surface area contributed by atoms with Gasteiger partial charge >= 0.3 is 0 Å². The Kier molecular flexibility index (Phi) is 4.16. The zero-order valence-electron chi connectivity index (χ0n) is 12.6. The van der Waals surface area contributed by atoms with Crippen LogP contribution in [-0.4, -0.2) is 21.0 Å². The fourth-order valence-corrected chi connectivity index (χ4v) is 1.97. The number of hydrogen-bond acceptors (Lipinski definition) is 7. The Hall–Kier alpha value is -3.73. The fourth-order valence-electron chi connectivity index (χ4n) is 1.97. The summed E-state index contributed by atoms with van der Waals surface area (Å²) in [5.41, 5.74) is 1.38. The first kappa shape index (κ1) is 15.2. The Morgan fingerprint density at radius 3 is 2.83 bits per heavy atom. The number of carbonyl (C=O) groups excluding carboxylic acids is 1. The van der Waals surface area contributed by atoms with Gasteiger partial charge in [0.25, 0.3) is 5.91 Å². The molecule has 2 heterocycles. The van der Waals surface area contributed by atoms with Crippen LogP contribution in [0.25, 0.3) is 0 Å². The highest BCUT2D eigenvalue weighted by Crippen LogP contribution is 2.16. The van der Waals surface area contributed by atoms with Crippen molar-refractivity contribution in [3.05, 3.63) is 59.7 Å². The van der Waals surface area contributed by atoms with Crippen LogP contribution >= 0.6 is 0 Å². The van der Waals surface area contributed by atoms with Crippen molar-refractivity contribution in [2.45, 2.75) is 6.92 Å². The average molecular weight is 320 g/mol. The van der Waals surface area contributed by atoms with Gasteiger partial charge in [-0.3, -0.25) is 4.79 Å². The molecular formula is C16H12N6O2. The predicted molar refractivity (Wildman–Crippen MR) is 85.7 cm³/mol. The number of carbonyl (C=O) groups is 1. The van der Waals surface area contributed by atoms with Crippen LogP contribution in [0.3, 0.4) is 0 Å². The monoisotopic (exact) mass is 320 g/mol. The second-order valence-electron chi connectivity index (χ2n) is 4.88. The Labute approximate surface area is 137 Å². The van der Waals surface area contributed by atoms with Crippen molar-refractivity contribution in [3.63, 3.8) is 0 Å². The van der Waals surface area contributed by atoms with Crippen LogP contribution in [0.4, 0.5) is 17.3 Å². The topological polar surface area (TPSA) is 117 Å². The van der Waals surface area contributed by atoms with E-state index in [-0.39, 0.29) is 5.69 Å². The van der Waals surface area contributed by atoms with E-state index in [4.69, 9.17) is 9.78 Å². The van der Waals surface area contributed by atoms with Gasteiger partial charge in [0, 0.05) is 17.8 Å². The molecule has 24 heavy (non-hydrogen) atoms. The van der Waals surface area contributed by atoms with Crippen molar-refractivity contribution in [2.75, 3.05) is 10.6 Å². The third-order valence-electron chi connectivity index (χ3n) is 3.03. The smallest absolute Gasteiger partial charge is 0.275 e. The van der Waals surface area contributed by atoms with Gasteiger partial charge in [-0.25, -0.2) is 9.97 Å². The quantitative estimate of drug-likeness (QED) is 0.758. The molecule has 0 bridgehead atoms. The molecule has 2 N–H and O–H groups in total. The highest BCUT2D eigenvalue weighted by atomic mass is 16.5. The predicted octanol–water partition coefficient (Wildman–Crippen LogP) is 2.64. The van der Waals surface area contributed by atoms with E-state index in [1.807, 2.05) is 0 Å². The average Bonchev–Trinajstić information content (AvgIpc) is 3.00. The van der Waals surface area contributed by atoms with Crippen molar-refractivity contribution in [2.24, 2.45) is 0 Å². The van der Waals surface area contributed by atoms with Crippen LogP contribution in [0.15, 0.2) is 47.2 Å². The van der Waals surface area contributed by atoms with Crippen LogP contribution in [0.5, 0.6) is 0 Å². The lowest BCUT2D eigenvalue weighted by atomic mass is 10.2. The molecule has 0 atom stereocenters. The molecule has 8 heteroatoms. The van der Waals surface area contributed by atoms with E-state index in [0.717, 1.165) is 0 Å². The lowest BCUT2D eigenvalue weighted by molar-refractivity contribution is 0.102. The van der Waals surface area contributed by atoms with Crippen LogP contribution in [-0.2, 0) is 0 Å². The Morgan fingerprint density at radius 1 is 1.21 bits per heavy atom. The molecule has 0 fully saturated rings. The van der Waals surface area contributed by atoms with Crippen LogP contribution in [0.1, 0.15) is 21.8 Å². The van der Waals surface area contributed by atoms with Gasteiger partial charge in [-0.15, -0.1) is 0 Å². The summed E-state index contributed by atoms with van der Waals surface area (Å²) in [6.45, 7) is 1.73. The first-order valence-electron chi connectivity index (χ1n) is 6.98. The largest absolute Gasteiger partial charge is 0.360 e. The molecule has 1 aromatic carbocycles. The highest BCUT2D eigenvalue weighted by Gasteiger charge is 2.11. The maximum Gasteiger partial charge on any atom is 0.275 e. The number of nitrogens with zero attached hydrogens (tertiary/aromatic N) is 4. The van der Waals surface area contributed by atoms with Gasteiger partial charge in [-0.2, -0.15) is 5.26 Å². The normalized spacial score (nSPS) is 10.0. The molecular weight excluding hydrogens is 308 g/mol. The molecule has 3 rings (SSSR count). The molecule has 0 aliphatic heterocycles. The number of amides is 1. The molecule has 0 radical (unpaired) electrons. The van der Waals surface area contributed by atoms with E-state index in [1.165, 1.54) is 12.4 Å². The maximum atomic E-state index is 12.2. The number of aryl methyl sites for hydroxylation is 1. The summed E-state index contributed by atoms with van der Waals surface area (Å²) in [6, 6.07) is 12.1. The third kappa shape index (κ3) is 3.53. The van der Waals surface area contributed by atoms with E-state index in [1.54, 1.807) is 37.3 Å². The van der Waals surface area contributed by atoms with E-state index in [2.05, 4.69) is 31.8 Å². The summed E-state index contributed by atoms with van der Waals surface area (Å²) in [7, 11) is 0. The second kappa shape index (κ2) is 6.58. The Bertz CT molecular complexity index is 928.